The molecule has 0 saturated carbocycles. The smallest absolute Gasteiger partial charge is 0.330 e. The number of carbonyl (C=O) groups excluding carboxylic acids is 2. The van der Waals surface area contributed by atoms with Crippen molar-refractivity contribution in [2.45, 2.75) is 13.0 Å². The molecule has 0 aliphatic carbocycles. The molecule has 1 atom stereocenters. The van der Waals surface area contributed by atoms with E-state index in [0.717, 1.165) is 0 Å². The first kappa shape index (κ1) is 12.7. The van der Waals surface area contributed by atoms with Gasteiger partial charge in [-0.3, -0.25) is 9.59 Å². The SMILES string of the molecule is CC(=O)Oc1ccc(C(NC=O)C(=O)O)cc1. The van der Waals surface area contributed by atoms with E-state index in [1.54, 1.807) is 0 Å². The number of hydrogen-bond acceptors (Lipinski definition) is 4. The molecular formula is C11H11NO5. The summed E-state index contributed by atoms with van der Waals surface area (Å²) in [5.41, 5.74) is 0.389. The molecule has 2 N–H and O–H groups in total. The third-order valence-electron chi connectivity index (χ3n) is 1.96. The number of aliphatic carboxylic acids is 1. The number of nitrogens with one attached hydrogen (secondary N) is 1. The summed E-state index contributed by atoms with van der Waals surface area (Å²) in [5, 5.41) is 11.0. The number of benzene rings is 1. The van der Waals surface area contributed by atoms with Crippen molar-refractivity contribution in [1.82, 2.24) is 5.32 Å². The summed E-state index contributed by atoms with van der Waals surface area (Å²) in [6.07, 6.45) is 0.318. The Hall–Kier alpha value is -2.37. The minimum Gasteiger partial charge on any atom is -0.479 e. The van der Waals surface area contributed by atoms with E-state index < -0.39 is 18.0 Å². The van der Waals surface area contributed by atoms with Crippen LogP contribution in [0.2, 0.25) is 0 Å². The summed E-state index contributed by atoms with van der Waals surface area (Å²) in [6, 6.07) is 4.73. The number of ether oxygens (including phenoxy) is 1. The molecule has 90 valence electrons. The molecule has 0 aliphatic rings. The van der Waals surface area contributed by atoms with E-state index in [-0.39, 0.29) is 0 Å². The lowest BCUT2D eigenvalue weighted by Gasteiger charge is -2.11. The molecule has 17 heavy (non-hydrogen) atoms. The van der Waals surface area contributed by atoms with Gasteiger partial charge in [-0.25, -0.2) is 4.79 Å². The van der Waals surface area contributed by atoms with Crippen molar-refractivity contribution in [3.05, 3.63) is 29.8 Å². The van der Waals surface area contributed by atoms with Crippen LogP contribution in [-0.4, -0.2) is 23.5 Å². The molecule has 1 aromatic carbocycles. The van der Waals surface area contributed by atoms with Gasteiger partial charge in [-0.2, -0.15) is 0 Å². The molecule has 0 fully saturated rings. The van der Waals surface area contributed by atoms with E-state index in [2.05, 4.69) is 5.32 Å². The summed E-state index contributed by atoms with van der Waals surface area (Å²) in [7, 11) is 0. The van der Waals surface area contributed by atoms with E-state index in [1.807, 2.05) is 0 Å². The van der Waals surface area contributed by atoms with Crippen LogP contribution in [0.1, 0.15) is 18.5 Å². The molecule has 0 aromatic heterocycles. The largest absolute Gasteiger partial charge is 0.479 e. The maximum atomic E-state index is 10.8. The molecule has 0 radical (unpaired) electrons. The average molecular weight is 237 g/mol. The Labute approximate surface area is 97.2 Å². The van der Waals surface area contributed by atoms with Gasteiger partial charge in [-0.1, -0.05) is 12.1 Å². The first-order valence-corrected chi connectivity index (χ1v) is 4.75. The Bertz CT molecular complexity index is 426. The number of carboxylic acid groups (broad SMARTS) is 1. The van der Waals surface area contributed by atoms with E-state index in [9.17, 15) is 14.4 Å². The van der Waals surface area contributed by atoms with Crippen LogP contribution in [-0.2, 0) is 14.4 Å². The van der Waals surface area contributed by atoms with Crippen LogP contribution in [0.3, 0.4) is 0 Å². The van der Waals surface area contributed by atoms with Crippen LogP contribution >= 0.6 is 0 Å². The molecular weight excluding hydrogens is 226 g/mol. The van der Waals surface area contributed by atoms with Gasteiger partial charge in [0.2, 0.25) is 6.41 Å². The number of carboxylic acids is 1. The van der Waals surface area contributed by atoms with Gasteiger partial charge < -0.3 is 15.2 Å². The Morgan fingerprint density at radius 2 is 1.94 bits per heavy atom. The average Bonchev–Trinajstić information content (AvgIpc) is 2.26. The summed E-state index contributed by atoms with van der Waals surface area (Å²) < 4.78 is 4.79. The van der Waals surface area contributed by atoms with Crippen LogP contribution in [0.4, 0.5) is 0 Å². The van der Waals surface area contributed by atoms with Gasteiger partial charge in [-0.05, 0) is 17.7 Å². The number of hydrogen-bond donors (Lipinski definition) is 2. The molecule has 6 nitrogen and oxygen atoms in total. The van der Waals surface area contributed by atoms with Gasteiger partial charge in [0.05, 0.1) is 0 Å². The number of esters is 1. The topological polar surface area (TPSA) is 92.7 Å². The molecule has 0 aliphatic heterocycles. The summed E-state index contributed by atoms with van der Waals surface area (Å²) in [4.78, 5) is 31.8. The maximum Gasteiger partial charge on any atom is 0.330 e. The molecule has 1 rings (SSSR count). The number of rotatable bonds is 5. The molecule has 6 heteroatoms. The minimum atomic E-state index is -1.17. The van der Waals surface area contributed by atoms with Crippen molar-refractivity contribution in [1.29, 1.82) is 0 Å². The fourth-order valence-electron chi connectivity index (χ4n) is 1.27. The Morgan fingerprint density at radius 1 is 1.35 bits per heavy atom. The second-order valence-electron chi connectivity index (χ2n) is 3.22. The third-order valence-corrected chi connectivity index (χ3v) is 1.96. The second-order valence-corrected chi connectivity index (χ2v) is 3.22. The molecule has 0 heterocycles. The van der Waals surface area contributed by atoms with Crippen molar-refractivity contribution in [3.63, 3.8) is 0 Å². The second kappa shape index (κ2) is 5.64. The van der Waals surface area contributed by atoms with Gasteiger partial charge >= 0.3 is 11.9 Å². The number of carbonyl (C=O) groups is 3. The van der Waals surface area contributed by atoms with Crippen LogP contribution in [0.15, 0.2) is 24.3 Å². The Kier molecular flexibility index (Phi) is 4.21. The van der Waals surface area contributed by atoms with Gasteiger partial charge in [0.25, 0.3) is 0 Å². The lowest BCUT2D eigenvalue weighted by molar-refractivity contribution is -0.140. The van der Waals surface area contributed by atoms with E-state index >= 15 is 0 Å². The van der Waals surface area contributed by atoms with Crippen molar-refractivity contribution in [2.75, 3.05) is 0 Å². The predicted molar refractivity (Wildman–Crippen MR) is 57.3 cm³/mol. The lowest BCUT2D eigenvalue weighted by atomic mass is 10.1. The summed E-state index contributed by atoms with van der Waals surface area (Å²) >= 11 is 0. The first-order valence-electron chi connectivity index (χ1n) is 4.75. The number of amides is 1. The summed E-state index contributed by atoms with van der Waals surface area (Å²) in [5.74, 6) is -1.31. The molecule has 0 spiro atoms. The fourth-order valence-corrected chi connectivity index (χ4v) is 1.27. The molecule has 0 bridgehead atoms. The predicted octanol–water partition coefficient (Wildman–Crippen LogP) is 0.484. The van der Waals surface area contributed by atoms with Crippen molar-refractivity contribution in [3.8, 4) is 5.75 Å². The highest BCUT2D eigenvalue weighted by Crippen LogP contribution is 2.18. The molecule has 0 saturated heterocycles. The Morgan fingerprint density at radius 3 is 2.35 bits per heavy atom. The van der Waals surface area contributed by atoms with Crippen LogP contribution in [0.25, 0.3) is 0 Å². The zero-order valence-corrected chi connectivity index (χ0v) is 9.04. The van der Waals surface area contributed by atoms with Crippen molar-refractivity contribution < 1.29 is 24.2 Å². The Balaban J connectivity index is 2.87. The highest BCUT2D eigenvalue weighted by molar-refractivity contribution is 5.78. The van der Waals surface area contributed by atoms with Gasteiger partial charge in [-0.15, -0.1) is 0 Å². The van der Waals surface area contributed by atoms with Crippen LogP contribution in [0, 0.1) is 0 Å². The highest BCUT2D eigenvalue weighted by atomic mass is 16.5. The van der Waals surface area contributed by atoms with E-state index in [1.165, 1.54) is 31.2 Å². The maximum absolute atomic E-state index is 10.8. The zero-order valence-electron chi connectivity index (χ0n) is 9.04. The van der Waals surface area contributed by atoms with Gasteiger partial charge in [0, 0.05) is 6.92 Å². The lowest BCUT2D eigenvalue weighted by Crippen LogP contribution is -2.27. The normalized spacial score (nSPS) is 11.4. The van der Waals surface area contributed by atoms with Crippen molar-refractivity contribution in [2.24, 2.45) is 0 Å². The van der Waals surface area contributed by atoms with Crippen LogP contribution < -0.4 is 10.1 Å². The fraction of sp³-hybridized carbons (Fsp3) is 0.182. The molecule has 1 aromatic rings. The minimum absolute atomic E-state index is 0.316. The molecule has 1 amide bonds. The van der Waals surface area contributed by atoms with E-state index in [4.69, 9.17) is 9.84 Å². The first-order chi connectivity index (χ1) is 8.04. The third kappa shape index (κ3) is 3.60. The van der Waals surface area contributed by atoms with Gasteiger partial charge in [0.1, 0.15) is 5.75 Å². The monoisotopic (exact) mass is 237 g/mol. The van der Waals surface area contributed by atoms with Crippen molar-refractivity contribution >= 4 is 18.3 Å². The highest BCUT2D eigenvalue weighted by Gasteiger charge is 2.18. The zero-order chi connectivity index (χ0) is 12.8. The molecule has 1 unspecified atom stereocenters. The van der Waals surface area contributed by atoms with Crippen LogP contribution in [0.5, 0.6) is 5.75 Å². The van der Waals surface area contributed by atoms with E-state index in [0.29, 0.717) is 17.7 Å². The quantitative estimate of drug-likeness (QED) is 0.441. The van der Waals surface area contributed by atoms with Gasteiger partial charge in [0.15, 0.2) is 6.04 Å². The summed E-state index contributed by atoms with van der Waals surface area (Å²) in [6.45, 7) is 1.27. The standard InChI is InChI=1S/C11H11NO5/c1-7(14)17-9-4-2-8(3-5-9)10(11(15)16)12-6-13/h2-6,10H,1H3,(H,12,13)(H,15,16).